The molecule has 2 heteroatoms. The minimum Gasteiger partial charge on any atom is -0.310 e. The number of benzene rings is 10. The predicted octanol–water partition coefficient (Wildman–Crippen LogP) is 18.8. The molecule has 0 atom stereocenters. The topological polar surface area (TPSA) is 3.24 Å². The highest BCUT2D eigenvalue weighted by atomic mass is 32.1. The average Bonchev–Trinajstić information content (AvgIpc) is 3.95. The van der Waals surface area contributed by atoms with Gasteiger partial charge in [0.05, 0.1) is 0 Å². The maximum Gasteiger partial charge on any atom is 0.0465 e. The summed E-state index contributed by atoms with van der Waals surface area (Å²) in [5.74, 6) is 0. The Bertz CT molecular complexity index is 3760. The summed E-state index contributed by atoms with van der Waals surface area (Å²) in [6, 6.07) is 83.7. The van der Waals surface area contributed by atoms with Crippen molar-refractivity contribution in [2.24, 2.45) is 0 Å². The fraction of sp³-hybridized carbons (Fsp3) is 0.0909. The first-order valence-corrected chi connectivity index (χ1v) is 24.6. The SMILES string of the molecule is CC1(C)c2cc(-c3ccccc3)ccc2-c2ccc(N(c3ccc(-c4ccc(-c5ccccc5)cc4)cc3)c3ccc4c(c3)C(C)(C)c3cc(-c5ccc6sc7ccccc7c6c5)ccc3-4)cc21. The Morgan fingerprint density at radius 2 is 0.632 bits per heavy atom. The van der Waals surface area contributed by atoms with E-state index in [-0.39, 0.29) is 10.8 Å². The Morgan fingerprint density at radius 3 is 1.18 bits per heavy atom. The molecule has 324 valence electrons. The Hall–Kier alpha value is -7.78. The van der Waals surface area contributed by atoms with Gasteiger partial charge in [0.1, 0.15) is 0 Å². The molecule has 0 N–H and O–H groups in total. The van der Waals surface area contributed by atoms with E-state index in [9.17, 15) is 0 Å². The zero-order valence-electron chi connectivity index (χ0n) is 38.7. The lowest BCUT2D eigenvalue weighted by molar-refractivity contribution is 0.660. The molecule has 0 saturated heterocycles. The molecule has 10 aromatic carbocycles. The van der Waals surface area contributed by atoms with Crippen molar-refractivity contribution in [2.75, 3.05) is 4.90 Å². The van der Waals surface area contributed by atoms with E-state index in [0.717, 1.165) is 17.1 Å². The van der Waals surface area contributed by atoms with E-state index in [1.165, 1.54) is 109 Å². The fourth-order valence-corrected chi connectivity index (χ4v) is 12.4. The minimum atomic E-state index is -0.213. The molecule has 1 nitrogen and oxygen atoms in total. The third-order valence-corrected chi connectivity index (χ3v) is 16.3. The van der Waals surface area contributed by atoms with Crippen LogP contribution in [0, 0.1) is 0 Å². The van der Waals surface area contributed by atoms with Crippen LogP contribution in [0.2, 0.25) is 0 Å². The van der Waals surface area contributed by atoms with Gasteiger partial charge in [0, 0.05) is 48.1 Å². The summed E-state index contributed by atoms with van der Waals surface area (Å²) < 4.78 is 2.67. The van der Waals surface area contributed by atoms with Crippen molar-refractivity contribution in [3.05, 3.63) is 247 Å². The van der Waals surface area contributed by atoms with Gasteiger partial charge in [0.2, 0.25) is 0 Å². The van der Waals surface area contributed by atoms with Crippen LogP contribution < -0.4 is 4.90 Å². The molecule has 1 heterocycles. The summed E-state index contributed by atoms with van der Waals surface area (Å²) in [4.78, 5) is 2.47. The zero-order valence-corrected chi connectivity index (χ0v) is 39.5. The van der Waals surface area contributed by atoms with Gasteiger partial charge in [-0.15, -0.1) is 11.3 Å². The van der Waals surface area contributed by atoms with Crippen molar-refractivity contribution >= 4 is 48.6 Å². The van der Waals surface area contributed by atoms with Gasteiger partial charge >= 0.3 is 0 Å². The monoisotopic (exact) mass is 887 g/mol. The van der Waals surface area contributed by atoms with E-state index in [0.29, 0.717) is 0 Å². The molecule has 0 saturated carbocycles. The van der Waals surface area contributed by atoms with Crippen LogP contribution in [0.25, 0.3) is 86.9 Å². The van der Waals surface area contributed by atoms with Crippen molar-refractivity contribution in [1.29, 1.82) is 0 Å². The maximum atomic E-state index is 2.47. The summed E-state index contributed by atoms with van der Waals surface area (Å²) in [7, 11) is 0. The number of anilines is 3. The van der Waals surface area contributed by atoms with Gasteiger partial charge in [-0.3, -0.25) is 0 Å². The summed E-state index contributed by atoms with van der Waals surface area (Å²) in [5, 5.41) is 2.67. The molecule has 13 rings (SSSR count). The smallest absolute Gasteiger partial charge is 0.0465 e. The number of fused-ring (bicyclic) bond motifs is 9. The number of hydrogen-bond acceptors (Lipinski definition) is 2. The van der Waals surface area contributed by atoms with Crippen LogP contribution in [0.5, 0.6) is 0 Å². The van der Waals surface area contributed by atoms with E-state index in [4.69, 9.17) is 0 Å². The maximum absolute atomic E-state index is 2.47. The first-order chi connectivity index (χ1) is 33.2. The molecule has 1 aromatic heterocycles. The van der Waals surface area contributed by atoms with Gasteiger partial charge in [-0.2, -0.15) is 0 Å². The average molecular weight is 888 g/mol. The molecule has 2 aliphatic rings. The van der Waals surface area contributed by atoms with Crippen molar-refractivity contribution in [1.82, 2.24) is 0 Å². The second-order valence-corrected chi connectivity index (χ2v) is 20.8. The summed E-state index contributed by atoms with van der Waals surface area (Å²) in [5.41, 5.74) is 23.6. The van der Waals surface area contributed by atoms with E-state index in [1.807, 2.05) is 11.3 Å². The summed E-state index contributed by atoms with van der Waals surface area (Å²) >= 11 is 1.87. The van der Waals surface area contributed by atoms with Gasteiger partial charge in [0.15, 0.2) is 0 Å². The van der Waals surface area contributed by atoms with Crippen molar-refractivity contribution in [3.8, 4) is 66.8 Å². The van der Waals surface area contributed by atoms with Crippen LogP contribution in [0.15, 0.2) is 224 Å². The molecular formula is C66H49NS. The Morgan fingerprint density at radius 1 is 0.279 bits per heavy atom. The largest absolute Gasteiger partial charge is 0.310 e. The van der Waals surface area contributed by atoms with Gasteiger partial charge < -0.3 is 4.90 Å². The molecule has 0 radical (unpaired) electrons. The lowest BCUT2D eigenvalue weighted by Gasteiger charge is -2.30. The highest BCUT2D eigenvalue weighted by Gasteiger charge is 2.38. The molecule has 68 heavy (non-hydrogen) atoms. The molecule has 0 unspecified atom stereocenters. The highest BCUT2D eigenvalue weighted by molar-refractivity contribution is 7.25. The number of rotatable bonds is 7. The molecular weight excluding hydrogens is 839 g/mol. The summed E-state index contributed by atoms with van der Waals surface area (Å²) in [6.45, 7) is 9.59. The third kappa shape index (κ3) is 6.43. The molecule has 0 amide bonds. The summed E-state index contributed by atoms with van der Waals surface area (Å²) in [6.07, 6.45) is 0. The van der Waals surface area contributed by atoms with Crippen LogP contribution in [0.4, 0.5) is 17.1 Å². The van der Waals surface area contributed by atoms with Crippen LogP contribution in [0.3, 0.4) is 0 Å². The zero-order chi connectivity index (χ0) is 45.7. The van der Waals surface area contributed by atoms with Gasteiger partial charge in [-0.05, 0) is 156 Å². The van der Waals surface area contributed by atoms with Gasteiger partial charge in [-0.1, -0.05) is 185 Å². The Balaban J connectivity index is 0.897. The number of hydrogen-bond donors (Lipinski definition) is 0. The van der Waals surface area contributed by atoms with Crippen molar-refractivity contribution in [3.63, 3.8) is 0 Å². The quantitative estimate of drug-likeness (QED) is 0.154. The lowest BCUT2D eigenvalue weighted by atomic mass is 9.81. The van der Waals surface area contributed by atoms with Crippen LogP contribution >= 0.6 is 11.3 Å². The van der Waals surface area contributed by atoms with Gasteiger partial charge in [0.25, 0.3) is 0 Å². The van der Waals surface area contributed by atoms with Crippen LogP contribution in [-0.2, 0) is 10.8 Å². The molecule has 11 aromatic rings. The van der Waals surface area contributed by atoms with E-state index in [2.05, 4.69) is 257 Å². The number of nitrogens with zero attached hydrogens (tertiary/aromatic N) is 1. The second-order valence-electron chi connectivity index (χ2n) is 19.7. The third-order valence-electron chi connectivity index (χ3n) is 15.1. The first-order valence-electron chi connectivity index (χ1n) is 23.8. The van der Waals surface area contributed by atoms with E-state index < -0.39 is 0 Å². The Kier molecular flexibility index (Phi) is 9.16. The minimum absolute atomic E-state index is 0.187. The van der Waals surface area contributed by atoms with Crippen molar-refractivity contribution in [2.45, 2.75) is 38.5 Å². The van der Waals surface area contributed by atoms with Crippen LogP contribution in [0.1, 0.15) is 49.9 Å². The number of thiophene rings is 1. The second kappa shape index (κ2) is 15.4. The standard InChI is InChI=1S/C66H49NS/c1-65(2)59-38-48(43-15-9-6-10-16-43)25-32-53(59)55-34-30-51(40-61(55)65)67(50-28-23-46(24-29-50)45-21-19-44(20-22-45)42-13-7-5-8-14-42)52-31-35-56-54-33-26-49(39-60(54)66(3,4)62(56)41-52)47-27-36-64-58(37-47)57-17-11-12-18-63(57)68-64/h5-41H,1-4H3. The molecule has 0 spiro atoms. The van der Waals surface area contributed by atoms with Gasteiger partial charge in [-0.25, -0.2) is 0 Å². The van der Waals surface area contributed by atoms with Crippen LogP contribution in [-0.4, -0.2) is 0 Å². The highest BCUT2D eigenvalue weighted by Crippen LogP contribution is 2.54. The van der Waals surface area contributed by atoms with Crippen molar-refractivity contribution < 1.29 is 0 Å². The first kappa shape index (κ1) is 40.5. The lowest BCUT2D eigenvalue weighted by Crippen LogP contribution is -2.18. The molecule has 0 fully saturated rings. The van der Waals surface area contributed by atoms with E-state index >= 15 is 0 Å². The normalized spacial score (nSPS) is 13.8. The fourth-order valence-electron chi connectivity index (χ4n) is 11.4. The Labute approximate surface area is 403 Å². The molecule has 0 bridgehead atoms. The molecule has 2 aliphatic carbocycles. The van der Waals surface area contributed by atoms with E-state index in [1.54, 1.807) is 0 Å². The molecule has 0 aliphatic heterocycles. The predicted molar refractivity (Wildman–Crippen MR) is 291 cm³/mol.